The zero-order valence-corrected chi connectivity index (χ0v) is 14.6. The van der Waals surface area contributed by atoms with Crippen LogP contribution in [0.1, 0.15) is 16.8 Å². The van der Waals surface area contributed by atoms with Crippen LogP contribution in [0.3, 0.4) is 0 Å². The van der Waals surface area contributed by atoms with Crippen molar-refractivity contribution in [3.8, 4) is 16.8 Å². The van der Waals surface area contributed by atoms with Gasteiger partial charge < -0.3 is 8.98 Å². The van der Waals surface area contributed by atoms with Gasteiger partial charge in [-0.05, 0) is 36.4 Å². The van der Waals surface area contributed by atoms with Gasteiger partial charge in [0.1, 0.15) is 0 Å². The number of nitrogens with zero attached hydrogens (tertiary/aromatic N) is 2. The highest BCUT2D eigenvalue weighted by Crippen LogP contribution is 2.38. The Labute approximate surface area is 154 Å². The van der Waals surface area contributed by atoms with Gasteiger partial charge in [-0.2, -0.15) is 0 Å². The highest BCUT2D eigenvalue weighted by atomic mass is 35.5. The lowest BCUT2D eigenvalue weighted by Crippen LogP contribution is -2.08. The smallest absolute Gasteiger partial charge is 0.0987 e. The molecule has 5 heteroatoms. The van der Waals surface area contributed by atoms with E-state index in [4.69, 9.17) is 32.6 Å². The van der Waals surface area contributed by atoms with Gasteiger partial charge in [0.05, 0.1) is 36.2 Å². The summed E-state index contributed by atoms with van der Waals surface area (Å²) in [6.07, 6.45) is 5.38. The van der Waals surface area contributed by atoms with Gasteiger partial charge in [0.2, 0.25) is 0 Å². The van der Waals surface area contributed by atoms with Crippen molar-refractivity contribution in [3.05, 3.63) is 88.1 Å². The highest BCUT2D eigenvalue weighted by molar-refractivity contribution is 6.35. The molecule has 3 nitrogen and oxygen atoms in total. The Hall–Kier alpha value is -2.49. The Morgan fingerprint density at radius 2 is 1.88 bits per heavy atom. The van der Waals surface area contributed by atoms with Crippen LogP contribution in [0.15, 0.2) is 70.6 Å². The van der Waals surface area contributed by atoms with Crippen LogP contribution >= 0.6 is 23.2 Å². The SMILES string of the molecule is Clc1cc(C2=NCc3c(Cl)cccc3-n3cccc32)c2coccc1-2. The lowest BCUT2D eigenvalue weighted by molar-refractivity contribution is 0.552. The first-order valence-corrected chi connectivity index (χ1v) is 8.64. The molecule has 0 spiro atoms. The van der Waals surface area contributed by atoms with Gasteiger partial charge in [-0.1, -0.05) is 29.3 Å². The van der Waals surface area contributed by atoms with E-state index in [-0.39, 0.29) is 0 Å². The predicted octanol–water partition coefficient (Wildman–Crippen LogP) is 5.83. The second-order valence-electron chi connectivity index (χ2n) is 5.96. The summed E-state index contributed by atoms with van der Waals surface area (Å²) in [6, 6.07) is 13.8. The summed E-state index contributed by atoms with van der Waals surface area (Å²) in [5.41, 5.74) is 6.85. The van der Waals surface area contributed by atoms with E-state index >= 15 is 0 Å². The molecule has 1 aromatic heterocycles. The maximum atomic E-state index is 6.43. The molecule has 0 atom stereocenters. The zero-order chi connectivity index (χ0) is 17.0. The van der Waals surface area contributed by atoms with Gasteiger partial charge in [-0.25, -0.2) is 0 Å². The van der Waals surface area contributed by atoms with Crippen LogP contribution in [-0.4, -0.2) is 10.3 Å². The molecule has 25 heavy (non-hydrogen) atoms. The van der Waals surface area contributed by atoms with Crippen LogP contribution in [0.4, 0.5) is 0 Å². The summed E-state index contributed by atoms with van der Waals surface area (Å²) in [7, 11) is 0. The molecule has 3 aliphatic rings. The number of fused-ring (bicyclic) bond motifs is 4. The second-order valence-corrected chi connectivity index (χ2v) is 6.77. The van der Waals surface area contributed by atoms with Gasteiger partial charge in [0, 0.05) is 38.5 Å². The lowest BCUT2D eigenvalue weighted by atomic mass is 10.0. The number of rotatable bonds is 1. The third-order valence-electron chi connectivity index (χ3n) is 4.60. The summed E-state index contributed by atoms with van der Waals surface area (Å²) in [6.45, 7) is 0.514. The van der Waals surface area contributed by atoms with Crippen molar-refractivity contribution in [1.82, 2.24) is 4.57 Å². The Bertz CT molecular complexity index is 1110. The van der Waals surface area contributed by atoms with Crippen LogP contribution in [0, 0.1) is 0 Å². The van der Waals surface area contributed by atoms with Gasteiger partial charge in [0.15, 0.2) is 0 Å². The first kappa shape index (κ1) is 14.8. The molecule has 0 bridgehead atoms. The van der Waals surface area contributed by atoms with Crippen molar-refractivity contribution in [2.75, 3.05) is 0 Å². The number of hydrogen-bond donors (Lipinski definition) is 0. The number of halogens is 2. The third-order valence-corrected chi connectivity index (χ3v) is 5.27. The van der Waals surface area contributed by atoms with Crippen LogP contribution in [0.25, 0.3) is 16.8 Å². The average Bonchev–Trinajstić information content (AvgIpc) is 3.19. The predicted molar refractivity (Wildman–Crippen MR) is 100 cm³/mol. The van der Waals surface area contributed by atoms with E-state index in [1.807, 2.05) is 36.5 Å². The number of aromatic nitrogens is 1. The normalized spacial score (nSPS) is 13.3. The van der Waals surface area contributed by atoms with Crippen molar-refractivity contribution in [3.63, 3.8) is 0 Å². The van der Waals surface area contributed by atoms with Crippen molar-refractivity contribution in [1.29, 1.82) is 0 Å². The molecule has 0 fully saturated rings. The molecule has 0 unspecified atom stereocenters. The summed E-state index contributed by atoms with van der Waals surface area (Å²) in [4.78, 5) is 4.88. The fourth-order valence-electron chi connectivity index (χ4n) is 3.44. The Morgan fingerprint density at radius 1 is 0.960 bits per heavy atom. The number of benzene rings is 1. The standard InChI is InChI=1S/C20H12Cl2N2O/c21-16-3-1-4-18-14(16)10-23-20(19-5-2-7-24(18)19)13-9-17(22)12-6-8-25-11-15(12)13/h1-9,11H,10H2. The summed E-state index contributed by atoms with van der Waals surface area (Å²) in [5.74, 6) is 0. The molecule has 2 aliphatic heterocycles. The van der Waals surface area contributed by atoms with E-state index in [1.54, 1.807) is 12.5 Å². The van der Waals surface area contributed by atoms with Crippen LogP contribution < -0.4 is 0 Å². The molecule has 2 aromatic rings. The molecule has 1 aliphatic carbocycles. The minimum Gasteiger partial charge on any atom is -0.472 e. The van der Waals surface area contributed by atoms with Gasteiger partial charge in [-0.3, -0.25) is 4.99 Å². The van der Waals surface area contributed by atoms with Crippen LogP contribution in [0.2, 0.25) is 10.0 Å². The van der Waals surface area contributed by atoms with Crippen molar-refractivity contribution in [2.24, 2.45) is 4.99 Å². The molecule has 0 saturated heterocycles. The summed E-state index contributed by atoms with van der Waals surface area (Å²) in [5, 5.41) is 1.42. The highest BCUT2D eigenvalue weighted by Gasteiger charge is 2.24. The molecule has 0 saturated carbocycles. The Morgan fingerprint density at radius 3 is 2.80 bits per heavy atom. The van der Waals surface area contributed by atoms with E-state index < -0.39 is 0 Å². The molecule has 0 N–H and O–H groups in total. The first-order valence-electron chi connectivity index (χ1n) is 7.89. The van der Waals surface area contributed by atoms with Crippen LogP contribution in [-0.2, 0) is 6.54 Å². The zero-order valence-electron chi connectivity index (χ0n) is 13.0. The number of aliphatic imine (C=N–C) groups is 1. The quantitative estimate of drug-likeness (QED) is 0.416. The summed E-state index contributed by atoms with van der Waals surface area (Å²) < 4.78 is 7.50. The van der Waals surface area contributed by atoms with Gasteiger partial charge >= 0.3 is 0 Å². The molecule has 0 amide bonds. The first-order chi connectivity index (χ1) is 12.2. The van der Waals surface area contributed by atoms with E-state index in [1.165, 1.54) is 0 Å². The topological polar surface area (TPSA) is 30.4 Å². The third kappa shape index (κ3) is 2.16. The van der Waals surface area contributed by atoms with Crippen molar-refractivity contribution < 1.29 is 4.42 Å². The van der Waals surface area contributed by atoms with Crippen LogP contribution in [0.5, 0.6) is 0 Å². The lowest BCUT2D eigenvalue weighted by Gasteiger charge is -2.11. The van der Waals surface area contributed by atoms with E-state index in [2.05, 4.69) is 16.7 Å². The van der Waals surface area contributed by atoms with Crippen molar-refractivity contribution in [2.45, 2.75) is 6.54 Å². The van der Waals surface area contributed by atoms with Gasteiger partial charge in [0.25, 0.3) is 0 Å². The summed E-state index contributed by atoms with van der Waals surface area (Å²) >= 11 is 12.9. The molecule has 3 heterocycles. The van der Waals surface area contributed by atoms with Gasteiger partial charge in [-0.15, -0.1) is 0 Å². The molecule has 0 radical (unpaired) electrons. The monoisotopic (exact) mass is 366 g/mol. The maximum Gasteiger partial charge on any atom is 0.0987 e. The largest absolute Gasteiger partial charge is 0.472 e. The number of hydrogen-bond acceptors (Lipinski definition) is 2. The maximum absolute atomic E-state index is 6.43. The molecular weight excluding hydrogens is 355 g/mol. The molecule has 122 valence electrons. The molecular formula is C20H12Cl2N2O. The molecule has 1 aromatic carbocycles. The second kappa shape index (κ2) is 5.51. The fraction of sp³-hybridized carbons (Fsp3) is 0.0500. The van der Waals surface area contributed by atoms with Crippen molar-refractivity contribution >= 4 is 28.9 Å². The van der Waals surface area contributed by atoms with E-state index in [0.29, 0.717) is 11.6 Å². The average molecular weight is 367 g/mol. The molecule has 5 rings (SSSR count). The fourth-order valence-corrected chi connectivity index (χ4v) is 3.94. The minimum absolute atomic E-state index is 0.514. The Kier molecular flexibility index (Phi) is 3.27. The van der Waals surface area contributed by atoms with E-state index in [9.17, 15) is 0 Å². The Balaban J connectivity index is 1.78. The van der Waals surface area contributed by atoms with E-state index in [0.717, 1.165) is 44.4 Å². The minimum atomic E-state index is 0.514.